The third-order valence-corrected chi connectivity index (χ3v) is 4.35. The summed E-state index contributed by atoms with van der Waals surface area (Å²) in [7, 11) is 0. The molecular formula is C13H22N2S. The molecule has 3 heteroatoms. The molecule has 1 aliphatic rings. The quantitative estimate of drug-likeness (QED) is 0.848. The molecule has 2 rings (SSSR count). The van der Waals surface area contributed by atoms with Crippen LogP contribution in [0.2, 0.25) is 0 Å². The number of hydrogen-bond donors (Lipinski definition) is 1. The summed E-state index contributed by atoms with van der Waals surface area (Å²) >= 11 is 1.75. The minimum Gasteiger partial charge on any atom is -0.308 e. The Morgan fingerprint density at radius 1 is 1.38 bits per heavy atom. The molecule has 16 heavy (non-hydrogen) atoms. The predicted molar refractivity (Wildman–Crippen MR) is 69.6 cm³/mol. The molecule has 0 radical (unpaired) electrons. The van der Waals surface area contributed by atoms with Gasteiger partial charge in [-0.1, -0.05) is 19.8 Å². The van der Waals surface area contributed by atoms with Crippen LogP contribution >= 0.6 is 11.3 Å². The van der Waals surface area contributed by atoms with E-state index >= 15 is 0 Å². The van der Waals surface area contributed by atoms with Crippen LogP contribution in [0.15, 0.2) is 11.6 Å². The summed E-state index contributed by atoms with van der Waals surface area (Å²) in [6, 6.07) is 0.733. The van der Waals surface area contributed by atoms with Crippen molar-refractivity contribution >= 4 is 11.3 Å². The van der Waals surface area contributed by atoms with Gasteiger partial charge >= 0.3 is 0 Å². The van der Waals surface area contributed by atoms with E-state index in [9.17, 15) is 0 Å². The molecule has 0 amide bonds. The first-order valence-corrected chi connectivity index (χ1v) is 7.38. The zero-order chi connectivity index (χ0) is 11.2. The molecule has 0 atom stereocenters. The van der Waals surface area contributed by atoms with Crippen LogP contribution in [0.4, 0.5) is 0 Å². The Morgan fingerprint density at radius 3 is 2.81 bits per heavy atom. The SMILES string of the molecule is CCCC1CCC(NCc2nccs2)CC1. The lowest BCUT2D eigenvalue weighted by Gasteiger charge is -2.28. The van der Waals surface area contributed by atoms with Crippen molar-refractivity contribution in [3.05, 3.63) is 16.6 Å². The summed E-state index contributed by atoms with van der Waals surface area (Å²) in [5, 5.41) is 6.90. The fraction of sp³-hybridized carbons (Fsp3) is 0.769. The normalized spacial score (nSPS) is 25.8. The first kappa shape index (κ1) is 12.1. The molecule has 1 saturated carbocycles. The van der Waals surface area contributed by atoms with Gasteiger partial charge in [-0.25, -0.2) is 4.98 Å². The van der Waals surface area contributed by atoms with Gasteiger partial charge in [0, 0.05) is 24.2 Å². The monoisotopic (exact) mass is 238 g/mol. The maximum atomic E-state index is 4.30. The van der Waals surface area contributed by atoms with Crippen molar-refractivity contribution in [1.29, 1.82) is 0 Å². The first-order chi connectivity index (χ1) is 7.88. The van der Waals surface area contributed by atoms with Crippen LogP contribution in [0.1, 0.15) is 50.5 Å². The van der Waals surface area contributed by atoms with Crippen molar-refractivity contribution < 1.29 is 0 Å². The molecule has 0 spiro atoms. The zero-order valence-electron chi connectivity index (χ0n) is 10.1. The molecule has 1 N–H and O–H groups in total. The van der Waals surface area contributed by atoms with Gasteiger partial charge in [-0.05, 0) is 31.6 Å². The van der Waals surface area contributed by atoms with E-state index in [-0.39, 0.29) is 0 Å². The minimum absolute atomic E-state index is 0.733. The fourth-order valence-corrected chi connectivity index (χ4v) is 3.20. The van der Waals surface area contributed by atoms with Gasteiger partial charge in [0.15, 0.2) is 0 Å². The molecule has 0 saturated heterocycles. The second-order valence-corrected chi connectivity index (χ2v) is 5.79. The van der Waals surface area contributed by atoms with Gasteiger partial charge < -0.3 is 5.32 Å². The molecule has 0 unspecified atom stereocenters. The van der Waals surface area contributed by atoms with Crippen LogP contribution in [-0.4, -0.2) is 11.0 Å². The highest BCUT2D eigenvalue weighted by Gasteiger charge is 2.19. The molecule has 1 aromatic heterocycles. The van der Waals surface area contributed by atoms with E-state index in [2.05, 4.69) is 22.6 Å². The number of nitrogens with zero attached hydrogens (tertiary/aromatic N) is 1. The summed E-state index contributed by atoms with van der Waals surface area (Å²) in [4.78, 5) is 4.30. The third-order valence-electron chi connectivity index (χ3n) is 3.57. The van der Waals surface area contributed by atoms with Crippen molar-refractivity contribution in [1.82, 2.24) is 10.3 Å². The van der Waals surface area contributed by atoms with Crippen molar-refractivity contribution in [2.45, 2.75) is 58.0 Å². The molecule has 1 fully saturated rings. The molecule has 0 aromatic carbocycles. The second kappa shape index (κ2) is 6.36. The van der Waals surface area contributed by atoms with Gasteiger partial charge in [0.1, 0.15) is 5.01 Å². The van der Waals surface area contributed by atoms with Crippen LogP contribution in [0.3, 0.4) is 0 Å². The molecule has 0 aliphatic heterocycles. The van der Waals surface area contributed by atoms with E-state index in [1.165, 1.54) is 43.5 Å². The van der Waals surface area contributed by atoms with Crippen LogP contribution in [-0.2, 0) is 6.54 Å². The van der Waals surface area contributed by atoms with Crippen molar-refractivity contribution in [2.24, 2.45) is 5.92 Å². The predicted octanol–water partition coefficient (Wildman–Crippen LogP) is 3.59. The summed E-state index contributed by atoms with van der Waals surface area (Å²) in [5.41, 5.74) is 0. The minimum atomic E-state index is 0.733. The van der Waals surface area contributed by atoms with E-state index in [4.69, 9.17) is 0 Å². The summed E-state index contributed by atoms with van der Waals surface area (Å²) in [6.45, 7) is 3.26. The molecule has 2 nitrogen and oxygen atoms in total. The summed E-state index contributed by atoms with van der Waals surface area (Å²) < 4.78 is 0. The van der Waals surface area contributed by atoms with E-state index in [1.54, 1.807) is 11.3 Å². The molecule has 1 aliphatic carbocycles. The highest BCUT2D eigenvalue weighted by atomic mass is 32.1. The van der Waals surface area contributed by atoms with Gasteiger partial charge in [0.2, 0.25) is 0 Å². The number of hydrogen-bond acceptors (Lipinski definition) is 3. The van der Waals surface area contributed by atoms with E-state index < -0.39 is 0 Å². The van der Waals surface area contributed by atoms with Gasteiger partial charge in [0.25, 0.3) is 0 Å². The highest BCUT2D eigenvalue weighted by Crippen LogP contribution is 2.27. The van der Waals surface area contributed by atoms with Crippen molar-refractivity contribution in [2.75, 3.05) is 0 Å². The Hall–Kier alpha value is -0.410. The highest BCUT2D eigenvalue weighted by molar-refractivity contribution is 7.09. The molecule has 1 heterocycles. The molecule has 1 aromatic rings. The smallest absolute Gasteiger partial charge is 0.106 e. The zero-order valence-corrected chi connectivity index (χ0v) is 10.9. The number of thiazole rings is 1. The third kappa shape index (κ3) is 3.56. The Morgan fingerprint density at radius 2 is 2.19 bits per heavy atom. The van der Waals surface area contributed by atoms with Crippen LogP contribution < -0.4 is 5.32 Å². The van der Waals surface area contributed by atoms with Gasteiger partial charge in [0.05, 0.1) is 0 Å². The van der Waals surface area contributed by atoms with E-state index in [1.807, 2.05) is 6.20 Å². The van der Waals surface area contributed by atoms with Gasteiger partial charge in [-0.15, -0.1) is 11.3 Å². The van der Waals surface area contributed by atoms with Crippen molar-refractivity contribution in [3.8, 4) is 0 Å². The van der Waals surface area contributed by atoms with E-state index in [0.29, 0.717) is 0 Å². The summed E-state index contributed by atoms with van der Waals surface area (Å²) in [5.74, 6) is 1.00. The Labute approximate surface area is 102 Å². The number of nitrogens with one attached hydrogen (secondary N) is 1. The lowest BCUT2D eigenvalue weighted by molar-refractivity contribution is 0.277. The largest absolute Gasteiger partial charge is 0.308 e. The van der Waals surface area contributed by atoms with Crippen LogP contribution in [0.25, 0.3) is 0 Å². The van der Waals surface area contributed by atoms with Crippen LogP contribution in [0.5, 0.6) is 0 Å². The first-order valence-electron chi connectivity index (χ1n) is 6.50. The molecule has 90 valence electrons. The topological polar surface area (TPSA) is 24.9 Å². The van der Waals surface area contributed by atoms with E-state index in [0.717, 1.165) is 18.5 Å². The standard InChI is InChI=1S/C13H22N2S/c1-2-3-11-4-6-12(7-5-11)15-10-13-14-8-9-16-13/h8-9,11-12,15H,2-7,10H2,1H3. The Bertz CT molecular complexity index is 276. The maximum Gasteiger partial charge on any atom is 0.106 e. The average molecular weight is 238 g/mol. The number of rotatable bonds is 5. The molecular weight excluding hydrogens is 216 g/mol. The molecule has 0 bridgehead atoms. The maximum absolute atomic E-state index is 4.30. The lowest BCUT2D eigenvalue weighted by Crippen LogP contribution is -2.32. The average Bonchev–Trinajstić information content (AvgIpc) is 2.82. The van der Waals surface area contributed by atoms with Crippen LogP contribution in [0, 0.1) is 5.92 Å². The lowest BCUT2D eigenvalue weighted by atomic mass is 9.83. The fourth-order valence-electron chi connectivity index (χ4n) is 2.64. The number of aromatic nitrogens is 1. The Balaban J connectivity index is 1.65. The van der Waals surface area contributed by atoms with Gasteiger partial charge in [-0.2, -0.15) is 0 Å². The second-order valence-electron chi connectivity index (χ2n) is 4.81. The van der Waals surface area contributed by atoms with Gasteiger partial charge in [-0.3, -0.25) is 0 Å². The Kier molecular flexibility index (Phi) is 4.79. The summed E-state index contributed by atoms with van der Waals surface area (Å²) in [6.07, 6.45) is 10.2. The van der Waals surface area contributed by atoms with Crippen molar-refractivity contribution in [3.63, 3.8) is 0 Å².